The number of rotatable bonds is 6. The molecule has 3 nitrogen and oxygen atoms in total. The van der Waals surface area contributed by atoms with Crippen molar-refractivity contribution >= 4 is 17.6 Å². The van der Waals surface area contributed by atoms with Gasteiger partial charge in [0.2, 0.25) is 0 Å². The first-order valence-electron chi connectivity index (χ1n) is 10.3. The lowest BCUT2D eigenvalue weighted by molar-refractivity contribution is 0.198. The maximum absolute atomic E-state index is 7.45. The van der Waals surface area contributed by atoms with Crippen molar-refractivity contribution in [2.45, 2.75) is 77.2 Å². The van der Waals surface area contributed by atoms with E-state index in [2.05, 4.69) is 12.2 Å². The van der Waals surface area contributed by atoms with Gasteiger partial charge in [-0.25, -0.2) is 0 Å². The average molecular weight is 342 g/mol. The first-order chi connectivity index (χ1) is 12.2. The number of nitrogen functional groups attached to an aromatic ring is 1. The second-order valence-corrected chi connectivity index (χ2v) is 8.46. The van der Waals surface area contributed by atoms with Crippen molar-refractivity contribution in [1.29, 1.82) is 5.41 Å². The van der Waals surface area contributed by atoms with Crippen LogP contribution in [0.4, 0.5) is 11.4 Å². The minimum absolute atomic E-state index is 0.570. The lowest BCUT2D eigenvalue weighted by Gasteiger charge is -2.35. The van der Waals surface area contributed by atoms with Crippen LogP contribution in [0.2, 0.25) is 0 Å². The van der Waals surface area contributed by atoms with Crippen LogP contribution in [0.5, 0.6) is 0 Å². The van der Waals surface area contributed by atoms with E-state index in [1.165, 1.54) is 70.4 Å². The van der Waals surface area contributed by atoms with Crippen LogP contribution in [-0.2, 0) is 0 Å². The van der Waals surface area contributed by atoms with Gasteiger partial charge < -0.3 is 16.5 Å². The topological polar surface area (TPSA) is 61.9 Å². The molecule has 2 saturated carbocycles. The van der Waals surface area contributed by atoms with Crippen molar-refractivity contribution in [3.63, 3.8) is 0 Å². The Morgan fingerprint density at radius 3 is 2.52 bits per heavy atom. The smallest absolute Gasteiger partial charge is 0.0404 e. The van der Waals surface area contributed by atoms with Gasteiger partial charge in [0, 0.05) is 29.2 Å². The van der Waals surface area contributed by atoms with Gasteiger partial charge in [-0.15, -0.1) is 0 Å². The molecule has 0 saturated heterocycles. The van der Waals surface area contributed by atoms with Crippen LogP contribution in [0, 0.1) is 23.2 Å². The number of hydrogen-bond acceptors (Lipinski definition) is 3. The molecular formula is C22H35N3. The Labute approximate surface area is 153 Å². The molecule has 0 aliphatic heterocycles. The highest BCUT2D eigenvalue weighted by Crippen LogP contribution is 2.37. The van der Waals surface area contributed by atoms with Crippen LogP contribution in [0.15, 0.2) is 18.2 Å². The molecule has 2 aliphatic rings. The van der Waals surface area contributed by atoms with E-state index in [1.54, 1.807) is 0 Å². The molecule has 0 aromatic heterocycles. The fraction of sp³-hybridized carbons (Fsp3) is 0.682. The maximum atomic E-state index is 7.45. The van der Waals surface area contributed by atoms with E-state index in [0.717, 1.165) is 29.0 Å². The summed E-state index contributed by atoms with van der Waals surface area (Å²) in [7, 11) is 0. The van der Waals surface area contributed by atoms with Crippen LogP contribution in [-0.4, -0.2) is 12.3 Å². The molecule has 0 radical (unpaired) electrons. The summed E-state index contributed by atoms with van der Waals surface area (Å²) in [6.07, 6.45) is 15.4. The molecule has 1 aromatic rings. The molecule has 0 heterocycles. The fourth-order valence-corrected chi connectivity index (χ4v) is 5.00. The van der Waals surface area contributed by atoms with Crippen molar-refractivity contribution < 1.29 is 0 Å². The van der Waals surface area contributed by atoms with Crippen LogP contribution >= 0.6 is 0 Å². The standard InChI is InChI=1S/C22H35N3/c1-16(13-17-5-3-2-4-6-17)18-7-9-20(10-8-18)25-21-11-12-22(24)19(14-21)15-23/h11-12,14-18,20,23,25H,2-10,13,24H2,1H3. The summed E-state index contributed by atoms with van der Waals surface area (Å²) in [5.74, 6) is 2.82. The molecule has 0 spiro atoms. The summed E-state index contributed by atoms with van der Waals surface area (Å²) in [6.45, 7) is 2.50. The van der Waals surface area contributed by atoms with E-state index in [-0.39, 0.29) is 0 Å². The number of benzene rings is 1. The van der Waals surface area contributed by atoms with E-state index in [0.29, 0.717) is 11.7 Å². The first-order valence-corrected chi connectivity index (χ1v) is 10.3. The van der Waals surface area contributed by atoms with Gasteiger partial charge in [-0.1, -0.05) is 39.0 Å². The molecule has 25 heavy (non-hydrogen) atoms. The van der Waals surface area contributed by atoms with Crippen molar-refractivity contribution in [3.8, 4) is 0 Å². The predicted molar refractivity (Wildman–Crippen MR) is 108 cm³/mol. The summed E-state index contributed by atoms with van der Waals surface area (Å²) in [4.78, 5) is 0. The highest BCUT2D eigenvalue weighted by Gasteiger charge is 2.27. The Morgan fingerprint density at radius 1 is 1.12 bits per heavy atom. The number of hydrogen-bond donors (Lipinski definition) is 3. The monoisotopic (exact) mass is 341 g/mol. The lowest BCUT2D eigenvalue weighted by Crippen LogP contribution is -2.29. The van der Waals surface area contributed by atoms with Crippen molar-refractivity contribution in [2.24, 2.45) is 17.8 Å². The molecule has 1 atom stereocenters. The van der Waals surface area contributed by atoms with E-state index < -0.39 is 0 Å². The molecule has 1 aromatic carbocycles. The first kappa shape index (κ1) is 18.3. The third-order valence-electron chi connectivity index (χ3n) is 6.62. The molecule has 3 heteroatoms. The molecule has 4 N–H and O–H groups in total. The molecule has 2 aliphatic carbocycles. The Kier molecular flexibility index (Phi) is 6.39. The Hall–Kier alpha value is -1.51. The highest BCUT2D eigenvalue weighted by molar-refractivity contribution is 5.86. The summed E-state index contributed by atoms with van der Waals surface area (Å²) in [5, 5.41) is 11.1. The van der Waals surface area contributed by atoms with Crippen LogP contribution in [0.1, 0.15) is 76.7 Å². The maximum Gasteiger partial charge on any atom is 0.0404 e. The van der Waals surface area contributed by atoms with Gasteiger partial charge >= 0.3 is 0 Å². The zero-order valence-electron chi connectivity index (χ0n) is 15.8. The summed E-state index contributed by atoms with van der Waals surface area (Å²) in [5.41, 5.74) is 8.47. The third kappa shape index (κ3) is 4.99. The SMILES string of the molecule is CC(CC1CCCCC1)C1CCC(Nc2ccc(N)c(C=N)c2)CC1. The minimum atomic E-state index is 0.570. The fourth-order valence-electron chi connectivity index (χ4n) is 5.00. The molecule has 138 valence electrons. The van der Waals surface area contributed by atoms with Crippen LogP contribution in [0.25, 0.3) is 0 Å². The van der Waals surface area contributed by atoms with Gasteiger partial charge in [0.15, 0.2) is 0 Å². The number of nitrogens with two attached hydrogens (primary N) is 1. The second-order valence-electron chi connectivity index (χ2n) is 8.46. The van der Waals surface area contributed by atoms with E-state index in [1.807, 2.05) is 18.2 Å². The quantitative estimate of drug-likeness (QED) is 0.449. The zero-order valence-corrected chi connectivity index (χ0v) is 15.8. The van der Waals surface area contributed by atoms with Gasteiger partial charge in [0.25, 0.3) is 0 Å². The van der Waals surface area contributed by atoms with Gasteiger partial charge in [0.1, 0.15) is 0 Å². The molecule has 0 bridgehead atoms. The minimum Gasteiger partial charge on any atom is -0.398 e. The molecule has 1 unspecified atom stereocenters. The van der Waals surface area contributed by atoms with Gasteiger partial charge in [-0.05, 0) is 68.1 Å². The number of anilines is 2. The summed E-state index contributed by atoms with van der Waals surface area (Å²) >= 11 is 0. The summed E-state index contributed by atoms with van der Waals surface area (Å²) < 4.78 is 0. The summed E-state index contributed by atoms with van der Waals surface area (Å²) in [6, 6.07) is 6.52. The Balaban J connectivity index is 1.45. The average Bonchev–Trinajstić information content (AvgIpc) is 2.64. The predicted octanol–water partition coefficient (Wildman–Crippen LogP) is 5.84. The van der Waals surface area contributed by atoms with E-state index >= 15 is 0 Å². The highest BCUT2D eigenvalue weighted by atomic mass is 14.9. The zero-order chi connectivity index (χ0) is 17.6. The molecule has 3 rings (SSSR count). The van der Waals surface area contributed by atoms with Crippen molar-refractivity contribution in [2.75, 3.05) is 11.1 Å². The lowest BCUT2D eigenvalue weighted by atomic mass is 9.73. The normalized spacial score (nSPS) is 26.1. The van der Waals surface area contributed by atoms with Crippen LogP contribution < -0.4 is 11.1 Å². The largest absolute Gasteiger partial charge is 0.398 e. The van der Waals surface area contributed by atoms with Gasteiger partial charge in [-0.2, -0.15) is 0 Å². The van der Waals surface area contributed by atoms with Crippen LogP contribution in [0.3, 0.4) is 0 Å². The third-order valence-corrected chi connectivity index (χ3v) is 6.62. The van der Waals surface area contributed by atoms with Crippen molar-refractivity contribution in [1.82, 2.24) is 0 Å². The molecular weight excluding hydrogens is 306 g/mol. The Morgan fingerprint density at radius 2 is 1.84 bits per heavy atom. The van der Waals surface area contributed by atoms with Gasteiger partial charge in [0.05, 0.1) is 0 Å². The molecule has 0 amide bonds. The number of nitrogens with one attached hydrogen (secondary N) is 2. The molecule has 2 fully saturated rings. The van der Waals surface area contributed by atoms with E-state index in [4.69, 9.17) is 11.1 Å². The Bertz CT molecular complexity index is 554. The van der Waals surface area contributed by atoms with Crippen molar-refractivity contribution in [3.05, 3.63) is 23.8 Å². The van der Waals surface area contributed by atoms with Gasteiger partial charge in [-0.3, -0.25) is 0 Å². The second kappa shape index (κ2) is 8.73. The van der Waals surface area contributed by atoms with E-state index in [9.17, 15) is 0 Å².